The van der Waals surface area contributed by atoms with Crippen LogP contribution in [-0.4, -0.2) is 31.3 Å². The zero-order valence-electron chi connectivity index (χ0n) is 11.1. The van der Waals surface area contributed by atoms with Crippen molar-refractivity contribution in [3.63, 3.8) is 0 Å². The van der Waals surface area contributed by atoms with Crippen molar-refractivity contribution in [1.82, 2.24) is 0 Å². The van der Waals surface area contributed by atoms with E-state index < -0.39 is 34.4 Å². The lowest BCUT2D eigenvalue weighted by Crippen LogP contribution is -2.56. The van der Waals surface area contributed by atoms with E-state index in [0.717, 1.165) is 12.1 Å². The molecule has 1 aliphatic heterocycles. The van der Waals surface area contributed by atoms with Gasteiger partial charge in [0.2, 0.25) is 0 Å². The van der Waals surface area contributed by atoms with E-state index in [1.165, 1.54) is 30.3 Å². The summed E-state index contributed by atoms with van der Waals surface area (Å²) in [6, 6.07) is 9.07. The number of carbonyl (C=O) groups is 1. The summed E-state index contributed by atoms with van der Waals surface area (Å²) in [5, 5.41) is 50.0. The van der Waals surface area contributed by atoms with Crippen molar-refractivity contribution in [2.24, 2.45) is 0 Å². The average Bonchev–Trinajstić information content (AvgIpc) is 2.48. The van der Waals surface area contributed by atoms with Gasteiger partial charge in [-0.05, 0) is 24.3 Å². The molecule has 2 aromatic rings. The number of aliphatic hydroxyl groups is 3. The van der Waals surface area contributed by atoms with E-state index in [0.29, 0.717) is 0 Å². The van der Waals surface area contributed by atoms with Gasteiger partial charge >= 0.3 is 5.79 Å². The highest BCUT2D eigenvalue weighted by molar-refractivity contribution is 5.96. The summed E-state index contributed by atoms with van der Waals surface area (Å²) in [6.07, 6.45) is 0. The third-order valence-electron chi connectivity index (χ3n) is 3.52. The van der Waals surface area contributed by atoms with E-state index >= 15 is 0 Å². The molecule has 1 heterocycles. The van der Waals surface area contributed by atoms with Gasteiger partial charge in [-0.3, -0.25) is 4.79 Å². The lowest BCUT2D eigenvalue weighted by molar-refractivity contribution is -0.243. The molecule has 0 aromatic heterocycles. The number of ketones is 1. The summed E-state index contributed by atoms with van der Waals surface area (Å²) >= 11 is 0. The Kier molecular flexibility index (Phi) is 2.89. The van der Waals surface area contributed by atoms with Gasteiger partial charge in [0.25, 0.3) is 11.6 Å². The highest BCUT2D eigenvalue weighted by atomic mass is 16.6. The van der Waals surface area contributed by atoms with Gasteiger partial charge in [-0.25, -0.2) is 0 Å². The maximum absolute atomic E-state index is 12.3. The SMILES string of the molecule is O=C1C(O)(O)c2ccccc2OC1(O)c1cccc(O)c1O. The lowest BCUT2D eigenvalue weighted by Gasteiger charge is -2.38. The summed E-state index contributed by atoms with van der Waals surface area (Å²) in [5.74, 6) is -8.91. The standard InChI is InChI=1S/C15H12O7/c16-10-6-3-5-9(12(10)17)15(21)13(18)14(19,20)8-4-1-2-7-11(8)22-15/h1-7,16-17,19-21H. The number of fused-ring (bicyclic) bond motifs is 1. The largest absolute Gasteiger partial charge is 0.504 e. The van der Waals surface area contributed by atoms with Crippen LogP contribution in [0.4, 0.5) is 0 Å². The smallest absolute Gasteiger partial charge is 0.305 e. The van der Waals surface area contributed by atoms with Gasteiger partial charge in [0, 0.05) is 0 Å². The third kappa shape index (κ3) is 1.77. The van der Waals surface area contributed by atoms with Gasteiger partial charge in [-0.2, -0.15) is 0 Å². The van der Waals surface area contributed by atoms with E-state index in [1.807, 2.05) is 0 Å². The number of ether oxygens (including phenoxy) is 1. The second-order valence-electron chi connectivity index (χ2n) is 4.92. The van der Waals surface area contributed by atoms with Gasteiger partial charge in [0.05, 0.1) is 11.1 Å². The van der Waals surface area contributed by atoms with Crippen molar-refractivity contribution in [3.05, 3.63) is 53.6 Å². The molecule has 0 amide bonds. The van der Waals surface area contributed by atoms with E-state index in [-0.39, 0.29) is 11.3 Å². The highest BCUT2D eigenvalue weighted by Crippen LogP contribution is 2.46. The Morgan fingerprint density at radius 1 is 0.864 bits per heavy atom. The average molecular weight is 304 g/mol. The first-order chi connectivity index (χ1) is 10.3. The van der Waals surface area contributed by atoms with Crippen molar-refractivity contribution in [2.75, 3.05) is 0 Å². The first-order valence-electron chi connectivity index (χ1n) is 6.30. The Morgan fingerprint density at radius 2 is 1.50 bits per heavy atom. The number of hydrogen-bond donors (Lipinski definition) is 5. The first-order valence-corrected chi connectivity index (χ1v) is 6.30. The fourth-order valence-electron chi connectivity index (χ4n) is 2.39. The summed E-state index contributed by atoms with van der Waals surface area (Å²) < 4.78 is 5.20. The molecule has 7 nitrogen and oxygen atoms in total. The molecule has 1 atom stereocenters. The maximum Gasteiger partial charge on any atom is 0.305 e. The Balaban J connectivity index is 2.24. The molecule has 22 heavy (non-hydrogen) atoms. The highest BCUT2D eigenvalue weighted by Gasteiger charge is 2.58. The molecule has 3 rings (SSSR count). The monoisotopic (exact) mass is 304 g/mol. The van der Waals surface area contributed by atoms with Crippen LogP contribution in [0.1, 0.15) is 11.1 Å². The minimum Gasteiger partial charge on any atom is -0.504 e. The number of carbonyl (C=O) groups excluding carboxylic acids is 1. The fourth-order valence-corrected chi connectivity index (χ4v) is 2.39. The number of aromatic hydroxyl groups is 2. The zero-order chi connectivity index (χ0) is 16.1. The van der Waals surface area contributed by atoms with E-state index in [4.69, 9.17) is 4.74 Å². The van der Waals surface area contributed by atoms with E-state index in [9.17, 15) is 30.3 Å². The van der Waals surface area contributed by atoms with Crippen molar-refractivity contribution in [3.8, 4) is 17.2 Å². The molecule has 0 saturated heterocycles. The number of benzene rings is 2. The Labute approximate surface area is 124 Å². The van der Waals surface area contributed by atoms with Gasteiger partial charge in [-0.1, -0.05) is 18.2 Å². The summed E-state index contributed by atoms with van der Waals surface area (Å²) in [7, 11) is 0. The fraction of sp³-hybridized carbons (Fsp3) is 0.133. The van der Waals surface area contributed by atoms with Crippen molar-refractivity contribution in [1.29, 1.82) is 0 Å². The second-order valence-corrected chi connectivity index (χ2v) is 4.92. The van der Waals surface area contributed by atoms with Crippen LogP contribution in [0.2, 0.25) is 0 Å². The summed E-state index contributed by atoms with van der Waals surface area (Å²) in [6.45, 7) is 0. The predicted octanol–water partition coefficient (Wildman–Crippen LogP) is 0.0420. The summed E-state index contributed by atoms with van der Waals surface area (Å²) in [5.41, 5.74) is -0.733. The molecule has 5 N–H and O–H groups in total. The molecule has 0 saturated carbocycles. The van der Waals surface area contributed by atoms with Crippen LogP contribution in [0.25, 0.3) is 0 Å². The molecule has 1 unspecified atom stereocenters. The van der Waals surface area contributed by atoms with Crippen LogP contribution < -0.4 is 4.74 Å². The van der Waals surface area contributed by atoms with Crippen LogP contribution in [0.15, 0.2) is 42.5 Å². The minimum absolute atomic E-state index is 0.141. The molecule has 0 fully saturated rings. The second kappa shape index (κ2) is 4.44. The third-order valence-corrected chi connectivity index (χ3v) is 3.52. The Hall–Kier alpha value is -2.61. The summed E-state index contributed by atoms with van der Waals surface area (Å²) in [4.78, 5) is 12.3. The Bertz CT molecular complexity index is 768. The predicted molar refractivity (Wildman–Crippen MR) is 71.9 cm³/mol. The molecular formula is C15H12O7. The van der Waals surface area contributed by atoms with Gasteiger partial charge in [-0.15, -0.1) is 0 Å². The van der Waals surface area contributed by atoms with Crippen molar-refractivity contribution < 1.29 is 35.1 Å². The number of para-hydroxylation sites is 2. The molecule has 2 aromatic carbocycles. The molecule has 0 radical (unpaired) electrons. The van der Waals surface area contributed by atoms with Gasteiger partial charge in [0.1, 0.15) is 5.75 Å². The Morgan fingerprint density at radius 3 is 2.23 bits per heavy atom. The van der Waals surface area contributed by atoms with Gasteiger partial charge < -0.3 is 30.3 Å². The number of hydrogen-bond acceptors (Lipinski definition) is 7. The quantitative estimate of drug-likeness (QED) is 0.372. The van der Waals surface area contributed by atoms with Crippen LogP contribution in [-0.2, 0) is 16.4 Å². The van der Waals surface area contributed by atoms with E-state index in [1.54, 1.807) is 0 Å². The van der Waals surface area contributed by atoms with E-state index in [2.05, 4.69) is 0 Å². The van der Waals surface area contributed by atoms with Crippen molar-refractivity contribution >= 4 is 5.78 Å². The van der Waals surface area contributed by atoms with Crippen LogP contribution in [0, 0.1) is 0 Å². The normalized spacial score (nSPS) is 22.8. The molecular weight excluding hydrogens is 292 g/mol. The zero-order valence-corrected chi connectivity index (χ0v) is 11.1. The first kappa shape index (κ1) is 14.3. The molecule has 0 spiro atoms. The number of phenolic OH excluding ortho intramolecular Hbond substituents is 2. The maximum atomic E-state index is 12.3. The number of rotatable bonds is 1. The van der Waals surface area contributed by atoms with Crippen LogP contribution in [0.5, 0.6) is 17.2 Å². The molecule has 114 valence electrons. The lowest BCUT2D eigenvalue weighted by atomic mass is 9.87. The molecule has 7 heteroatoms. The van der Waals surface area contributed by atoms with Crippen LogP contribution in [0.3, 0.4) is 0 Å². The van der Waals surface area contributed by atoms with Crippen molar-refractivity contribution in [2.45, 2.75) is 11.6 Å². The topological polar surface area (TPSA) is 127 Å². The van der Waals surface area contributed by atoms with Crippen LogP contribution >= 0.6 is 0 Å². The number of Topliss-reactive ketones (excluding diaryl/α,β-unsaturated/α-hetero) is 1. The molecule has 0 bridgehead atoms. The molecule has 1 aliphatic rings. The minimum atomic E-state index is -3.01. The van der Waals surface area contributed by atoms with Gasteiger partial charge in [0.15, 0.2) is 11.5 Å². The number of phenols is 2. The molecule has 0 aliphatic carbocycles.